The normalized spacial score (nSPS) is 14.2. The number of aromatic nitrogens is 2. The van der Waals surface area contributed by atoms with Crippen molar-refractivity contribution in [2.24, 2.45) is 5.92 Å². The number of nitrogens with one attached hydrogen (secondary N) is 1. The molecular weight excluding hydrogens is 519 g/mol. The fourth-order valence-electron chi connectivity index (χ4n) is 5.17. The predicted molar refractivity (Wildman–Crippen MR) is 145 cm³/mol. The summed E-state index contributed by atoms with van der Waals surface area (Å²) in [7, 11) is 0. The van der Waals surface area contributed by atoms with Gasteiger partial charge in [-0.25, -0.2) is 9.97 Å². The number of hydrogen-bond donors (Lipinski definition) is 2. The fraction of sp³-hybridized carbons (Fsp3) is 0.290. The summed E-state index contributed by atoms with van der Waals surface area (Å²) in [5.74, 6) is -1.26. The minimum atomic E-state index is -4.46. The first kappa shape index (κ1) is 27.3. The lowest BCUT2D eigenvalue weighted by Crippen LogP contribution is -2.35. The second-order valence-electron chi connectivity index (χ2n) is 10.4. The number of fused-ring (bicyclic) bond motifs is 2. The summed E-state index contributed by atoms with van der Waals surface area (Å²) >= 11 is 0. The Morgan fingerprint density at radius 2 is 1.65 bits per heavy atom. The Kier molecular flexibility index (Phi) is 7.56. The van der Waals surface area contributed by atoms with Gasteiger partial charge in [-0.15, -0.1) is 0 Å². The van der Waals surface area contributed by atoms with E-state index in [4.69, 9.17) is 15.1 Å². The zero-order valence-corrected chi connectivity index (χ0v) is 21.8. The van der Waals surface area contributed by atoms with Crippen molar-refractivity contribution in [2.75, 3.05) is 0 Å². The van der Waals surface area contributed by atoms with E-state index in [0.29, 0.717) is 46.4 Å². The van der Waals surface area contributed by atoms with Gasteiger partial charge in [0.05, 0.1) is 28.0 Å². The van der Waals surface area contributed by atoms with Gasteiger partial charge >= 0.3 is 12.1 Å². The van der Waals surface area contributed by atoms with Crippen LogP contribution in [0.3, 0.4) is 0 Å². The lowest BCUT2D eigenvalue weighted by Gasteiger charge is -2.15. The van der Waals surface area contributed by atoms with Gasteiger partial charge in [0, 0.05) is 23.6 Å². The molecule has 40 heavy (non-hydrogen) atoms. The minimum Gasteiger partial charge on any atom is -0.481 e. The lowest BCUT2D eigenvalue weighted by atomic mass is 9.97. The first-order valence-corrected chi connectivity index (χ1v) is 13.1. The van der Waals surface area contributed by atoms with Crippen LogP contribution in [0.15, 0.2) is 66.7 Å². The molecule has 1 atom stereocenters. The molecule has 1 heterocycles. The number of benzene rings is 3. The van der Waals surface area contributed by atoms with Gasteiger partial charge < -0.3 is 10.4 Å². The Morgan fingerprint density at radius 1 is 0.975 bits per heavy atom. The van der Waals surface area contributed by atoms with Crippen LogP contribution in [0.4, 0.5) is 13.2 Å². The zero-order chi connectivity index (χ0) is 28.4. The molecule has 0 bridgehead atoms. The van der Waals surface area contributed by atoms with Crippen molar-refractivity contribution in [1.29, 1.82) is 0 Å². The number of amides is 1. The number of hydrogen-bond acceptors (Lipinski definition) is 4. The summed E-state index contributed by atoms with van der Waals surface area (Å²) in [6, 6.07) is 17.9. The molecule has 0 fully saturated rings. The van der Waals surface area contributed by atoms with Gasteiger partial charge in [0.25, 0.3) is 5.91 Å². The van der Waals surface area contributed by atoms with Crippen LogP contribution in [-0.2, 0) is 30.2 Å². The molecule has 0 aliphatic heterocycles. The van der Waals surface area contributed by atoms with Crippen molar-refractivity contribution < 1.29 is 27.9 Å². The molecule has 5 rings (SSSR count). The quantitative estimate of drug-likeness (QED) is 0.272. The molecule has 0 saturated heterocycles. The molecule has 1 aromatic heterocycles. The SMILES string of the molecule is CC(CCc1nc2cc(C(=O)NC3Cc4ccccc4C3)ccc2nc1-c1ccc(C(F)(F)F)cc1)CC(=O)O. The molecule has 0 spiro atoms. The highest BCUT2D eigenvalue weighted by atomic mass is 19.4. The Hall–Kier alpha value is -4.27. The number of carboxylic acid groups (broad SMARTS) is 1. The average molecular weight is 548 g/mol. The highest BCUT2D eigenvalue weighted by molar-refractivity contribution is 5.97. The van der Waals surface area contributed by atoms with E-state index in [1.807, 2.05) is 19.1 Å². The summed E-state index contributed by atoms with van der Waals surface area (Å²) in [6.07, 6.45) is -2.05. The van der Waals surface area contributed by atoms with Crippen LogP contribution >= 0.6 is 0 Å². The largest absolute Gasteiger partial charge is 0.481 e. The molecule has 1 unspecified atom stereocenters. The molecular formula is C31H28F3N3O3. The van der Waals surface area contributed by atoms with E-state index >= 15 is 0 Å². The van der Waals surface area contributed by atoms with Crippen molar-refractivity contribution in [3.8, 4) is 11.3 Å². The first-order valence-electron chi connectivity index (χ1n) is 13.1. The number of rotatable bonds is 8. The summed E-state index contributed by atoms with van der Waals surface area (Å²) in [5.41, 5.74) is 4.57. The molecule has 1 amide bonds. The molecule has 0 saturated carbocycles. The summed E-state index contributed by atoms with van der Waals surface area (Å²) in [4.78, 5) is 33.7. The highest BCUT2D eigenvalue weighted by Crippen LogP contribution is 2.32. The van der Waals surface area contributed by atoms with Gasteiger partial charge in [-0.3, -0.25) is 9.59 Å². The van der Waals surface area contributed by atoms with Crippen molar-refractivity contribution in [3.63, 3.8) is 0 Å². The average Bonchev–Trinajstić information content (AvgIpc) is 3.32. The van der Waals surface area contributed by atoms with E-state index in [1.54, 1.807) is 18.2 Å². The third kappa shape index (κ3) is 6.14. The van der Waals surface area contributed by atoms with Gasteiger partial charge in [0.15, 0.2) is 0 Å². The van der Waals surface area contributed by atoms with E-state index < -0.39 is 17.7 Å². The number of carboxylic acids is 1. The van der Waals surface area contributed by atoms with Crippen LogP contribution in [0.25, 0.3) is 22.3 Å². The van der Waals surface area contributed by atoms with Crippen molar-refractivity contribution in [2.45, 2.75) is 51.2 Å². The van der Waals surface area contributed by atoms with Gasteiger partial charge in [-0.05, 0) is 73.1 Å². The maximum atomic E-state index is 13.1. The summed E-state index contributed by atoms with van der Waals surface area (Å²) < 4.78 is 39.3. The predicted octanol–water partition coefficient (Wildman–Crippen LogP) is 6.26. The van der Waals surface area contributed by atoms with Gasteiger partial charge in [0.1, 0.15) is 0 Å². The molecule has 206 valence electrons. The van der Waals surface area contributed by atoms with E-state index in [-0.39, 0.29) is 24.3 Å². The Balaban J connectivity index is 1.43. The number of aliphatic carboxylic acids is 1. The first-order chi connectivity index (χ1) is 19.1. The number of alkyl halides is 3. The molecule has 0 radical (unpaired) electrons. The Morgan fingerprint density at radius 3 is 2.27 bits per heavy atom. The smallest absolute Gasteiger partial charge is 0.416 e. The highest BCUT2D eigenvalue weighted by Gasteiger charge is 2.30. The second-order valence-corrected chi connectivity index (χ2v) is 10.4. The third-order valence-electron chi connectivity index (χ3n) is 7.27. The Labute approximate surface area is 229 Å². The number of carbonyl (C=O) groups excluding carboxylic acids is 1. The maximum Gasteiger partial charge on any atom is 0.416 e. The van der Waals surface area contributed by atoms with Crippen LogP contribution in [0.1, 0.15) is 52.5 Å². The lowest BCUT2D eigenvalue weighted by molar-refractivity contribution is -0.138. The van der Waals surface area contributed by atoms with Crippen LogP contribution in [0.5, 0.6) is 0 Å². The minimum absolute atomic E-state index is 0.0000101. The molecule has 9 heteroatoms. The number of halogens is 3. The monoisotopic (exact) mass is 547 g/mol. The summed E-state index contributed by atoms with van der Waals surface area (Å²) in [5, 5.41) is 12.2. The van der Waals surface area contributed by atoms with Gasteiger partial charge in [-0.1, -0.05) is 43.3 Å². The Bertz CT molecular complexity index is 1540. The van der Waals surface area contributed by atoms with Crippen molar-refractivity contribution in [1.82, 2.24) is 15.3 Å². The number of aryl methyl sites for hydroxylation is 1. The van der Waals surface area contributed by atoms with Crippen molar-refractivity contribution >= 4 is 22.9 Å². The molecule has 6 nitrogen and oxygen atoms in total. The van der Waals surface area contributed by atoms with E-state index in [9.17, 15) is 22.8 Å². The topological polar surface area (TPSA) is 92.2 Å². The standard InChI is InChI=1S/C31H28F3N3O3/c1-18(14-28(38)39)6-12-26-29(19-7-10-23(11-8-19)31(32,33)34)37-25-13-9-22(17-27(25)36-26)30(40)35-24-15-20-4-2-3-5-21(20)16-24/h2-5,7-11,13,17-18,24H,6,12,14-16H2,1H3,(H,35,40)(H,38,39). The van der Waals surface area contributed by atoms with Gasteiger partial charge in [-0.2, -0.15) is 13.2 Å². The summed E-state index contributed by atoms with van der Waals surface area (Å²) in [6.45, 7) is 1.82. The van der Waals surface area contributed by atoms with Crippen LogP contribution in [0, 0.1) is 5.92 Å². The third-order valence-corrected chi connectivity index (χ3v) is 7.27. The molecule has 4 aromatic rings. The fourth-order valence-corrected chi connectivity index (χ4v) is 5.17. The van der Waals surface area contributed by atoms with Crippen LogP contribution < -0.4 is 5.32 Å². The molecule has 2 N–H and O–H groups in total. The van der Waals surface area contributed by atoms with Gasteiger partial charge in [0.2, 0.25) is 0 Å². The molecule has 3 aromatic carbocycles. The number of nitrogens with zero attached hydrogens (tertiary/aromatic N) is 2. The van der Waals surface area contributed by atoms with E-state index in [1.165, 1.54) is 23.3 Å². The zero-order valence-electron chi connectivity index (χ0n) is 21.8. The van der Waals surface area contributed by atoms with E-state index in [2.05, 4.69) is 17.4 Å². The second kappa shape index (κ2) is 11.1. The molecule has 1 aliphatic carbocycles. The maximum absolute atomic E-state index is 13.1. The van der Waals surface area contributed by atoms with Crippen LogP contribution in [0.2, 0.25) is 0 Å². The van der Waals surface area contributed by atoms with E-state index in [0.717, 1.165) is 25.0 Å². The molecule has 1 aliphatic rings. The number of carbonyl (C=O) groups is 2. The van der Waals surface area contributed by atoms with Crippen LogP contribution in [-0.4, -0.2) is 33.0 Å². The van der Waals surface area contributed by atoms with Crippen molar-refractivity contribution in [3.05, 3.63) is 94.7 Å².